The smallest absolute Gasteiger partial charge is 0.0541 e. The van der Waals surface area contributed by atoms with Gasteiger partial charge in [-0.15, -0.1) is 0 Å². The zero-order chi connectivity index (χ0) is 47.6. The summed E-state index contributed by atoms with van der Waals surface area (Å²) >= 11 is 0. The van der Waals surface area contributed by atoms with Crippen LogP contribution in [0, 0.1) is 5.92 Å². The van der Waals surface area contributed by atoms with E-state index in [1.165, 1.54) is 126 Å². The van der Waals surface area contributed by atoms with E-state index in [9.17, 15) is 0 Å². The van der Waals surface area contributed by atoms with Crippen molar-refractivity contribution in [2.24, 2.45) is 5.92 Å². The lowest BCUT2D eigenvalue weighted by molar-refractivity contribution is 0.323. The quantitative estimate of drug-likeness (QED) is 0.102. The zero-order valence-corrected chi connectivity index (χ0v) is 40.5. The van der Waals surface area contributed by atoms with E-state index in [-0.39, 0.29) is 5.41 Å². The van der Waals surface area contributed by atoms with Gasteiger partial charge in [-0.25, -0.2) is 0 Å². The van der Waals surface area contributed by atoms with Gasteiger partial charge in [0.2, 0.25) is 0 Å². The van der Waals surface area contributed by atoms with Crippen LogP contribution in [0.4, 0.5) is 5.69 Å². The van der Waals surface area contributed by atoms with Crippen LogP contribution in [-0.4, -0.2) is 9.13 Å². The molecule has 2 aliphatic carbocycles. The largest absolute Gasteiger partial charge is 0.399 e. The van der Waals surface area contributed by atoms with Crippen molar-refractivity contribution in [3.63, 3.8) is 0 Å². The van der Waals surface area contributed by atoms with Crippen LogP contribution in [0.5, 0.6) is 0 Å². The second kappa shape index (κ2) is 17.4. The average Bonchev–Trinajstić information content (AvgIpc) is 4.03. The molecule has 3 atom stereocenters. The molecule has 0 spiro atoms. The predicted molar refractivity (Wildman–Crippen MR) is 302 cm³/mol. The Bertz CT molecular complexity index is 3840. The fraction of sp³-hybridized carbons (Fsp3) is 0.147. The lowest BCUT2D eigenvalue weighted by atomic mass is 9.68. The molecule has 3 nitrogen and oxygen atoms in total. The monoisotopic (exact) mass is 915 g/mol. The number of aromatic nitrogens is 2. The summed E-state index contributed by atoms with van der Waals surface area (Å²) < 4.78 is 4.84. The number of hydrogen-bond acceptors (Lipinski definition) is 1. The first-order valence-corrected chi connectivity index (χ1v) is 25.7. The van der Waals surface area contributed by atoms with E-state index in [1.54, 1.807) is 0 Å². The minimum absolute atomic E-state index is 0.0152. The molecule has 71 heavy (non-hydrogen) atoms. The summed E-state index contributed by atoms with van der Waals surface area (Å²) in [6.45, 7) is 4.88. The fourth-order valence-electron chi connectivity index (χ4n) is 12.5. The molecule has 13 rings (SSSR count). The number of nitrogen functional groups attached to an aromatic ring is 1. The molecule has 9 aromatic carbocycles. The van der Waals surface area contributed by atoms with Crippen molar-refractivity contribution in [2.75, 3.05) is 5.73 Å². The van der Waals surface area contributed by atoms with Gasteiger partial charge in [0.15, 0.2) is 0 Å². The molecule has 2 aromatic heterocycles. The van der Waals surface area contributed by atoms with Crippen molar-refractivity contribution >= 4 is 54.9 Å². The number of nitrogens with two attached hydrogens (primary N) is 1. The summed E-state index contributed by atoms with van der Waals surface area (Å²) in [5.41, 5.74) is 27.0. The molecule has 0 aliphatic heterocycles. The van der Waals surface area contributed by atoms with Crippen LogP contribution in [0.2, 0.25) is 0 Å². The molecule has 11 aromatic rings. The number of benzene rings is 9. The highest BCUT2D eigenvalue weighted by atomic mass is 15.0. The number of unbranched alkanes of at least 4 members (excludes halogenated alkanes) is 3. The summed E-state index contributed by atoms with van der Waals surface area (Å²) in [5, 5.41) is 5.08. The van der Waals surface area contributed by atoms with Crippen LogP contribution >= 0.6 is 0 Å². The molecule has 3 heteroatoms. The first-order valence-electron chi connectivity index (χ1n) is 25.7. The average molecular weight is 916 g/mol. The first-order chi connectivity index (χ1) is 34.9. The highest BCUT2D eigenvalue weighted by Crippen LogP contribution is 2.57. The van der Waals surface area contributed by atoms with Crippen molar-refractivity contribution in [1.29, 1.82) is 0 Å². The van der Waals surface area contributed by atoms with Gasteiger partial charge in [0.05, 0.1) is 22.1 Å². The van der Waals surface area contributed by atoms with Gasteiger partial charge in [0.25, 0.3) is 0 Å². The van der Waals surface area contributed by atoms with Crippen molar-refractivity contribution in [1.82, 2.24) is 9.13 Å². The topological polar surface area (TPSA) is 35.9 Å². The summed E-state index contributed by atoms with van der Waals surface area (Å²) in [5.74, 6) is 0.748. The molecule has 2 N–H and O–H groups in total. The van der Waals surface area contributed by atoms with Gasteiger partial charge in [-0.05, 0) is 146 Å². The minimum atomic E-state index is 0.0152. The highest BCUT2D eigenvalue weighted by Gasteiger charge is 2.47. The van der Waals surface area contributed by atoms with E-state index in [1.807, 2.05) is 18.2 Å². The van der Waals surface area contributed by atoms with Crippen LogP contribution in [0.25, 0.3) is 93.9 Å². The molecular formula is C68H57N3. The first kappa shape index (κ1) is 42.9. The predicted octanol–water partition coefficient (Wildman–Crippen LogP) is 18.1. The number of para-hydroxylation sites is 3. The molecule has 2 heterocycles. The van der Waals surface area contributed by atoms with Gasteiger partial charge in [-0.2, -0.15) is 0 Å². The Morgan fingerprint density at radius 1 is 0.451 bits per heavy atom. The SMILES string of the molecule is CCCCCCC1(C)c2cc(-c3ccc(-n4c5ccccc5c5cc(-c6cccc(-c7cccc(N)c7)c6)ccc54)cc3)ccc2C2C=CC(c3ccc(-n4c5ccccc5c5ccccc54)cc3)=CC21. The number of fused-ring (bicyclic) bond motifs is 9. The third kappa shape index (κ3) is 7.25. The Hall–Kier alpha value is -8.14. The van der Waals surface area contributed by atoms with Crippen LogP contribution in [-0.2, 0) is 5.41 Å². The Morgan fingerprint density at radius 2 is 0.972 bits per heavy atom. The van der Waals surface area contributed by atoms with E-state index < -0.39 is 0 Å². The second-order valence-corrected chi connectivity index (χ2v) is 20.3. The molecule has 0 fully saturated rings. The van der Waals surface area contributed by atoms with Gasteiger partial charge in [0.1, 0.15) is 0 Å². The van der Waals surface area contributed by atoms with Crippen LogP contribution < -0.4 is 5.73 Å². The maximum absolute atomic E-state index is 6.16. The van der Waals surface area contributed by atoms with Gasteiger partial charge in [-0.1, -0.05) is 191 Å². The van der Waals surface area contributed by atoms with Crippen LogP contribution in [0.15, 0.2) is 224 Å². The molecule has 0 bridgehead atoms. The molecule has 0 saturated carbocycles. The number of anilines is 1. The minimum Gasteiger partial charge on any atom is -0.399 e. The molecular weight excluding hydrogens is 859 g/mol. The third-order valence-electron chi connectivity index (χ3n) is 16.1. The lowest BCUT2D eigenvalue weighted by Crippen LogP contribution is -2.29. The lowest BCUT2D eigenvalue weighted by Gasteiger charge is -2.35. The Kier molecular flexibility index (Phi) is 10.5. The van der Waals surface area contributed by atoms with E-state index in [0.29, 0.717) is 11.8 Å². The van der Waals surface area contributed by atoms with Crippen LogP contribution in [0.3, 0.4) is 0 Å². The van der Waals surface area contributed by atoms with Crippen LogP contribution in [0.1, 0.15) is 68.6 Å². The maximum Gasteiger partial charge on any atom is 0.0541 e. The van der Waals surface area contributed by atoms with Gasteiger partial charge in [0, 0.05) is 44.5 Å². The van der Waals surface area contributed by atoms with E-state index >= 15 is 0 Å². The molecule has 0 amide bonds. The maximum atomic E-state index is 6.16. The third-order valence-corrected chi connectivity index (χ3v) is 16.1. The van der Waals surface area contributed by atoms with Crippen molar-refractivity contribution in [3.8, 4) is 44.8 Å². The summed E-state index contributed by atoms with van der Waals surface area (Å²) in [4.78, 5) is 0. The highest BCUT2D eigenvalue weighted by molar-refractivity contribution is 6.11. The molecule has 0 saturated heterocycles. The van der Waals surface area contributed by atoms with E-state index in [4.69, 9.17) is 5.73 Å². The van der Waals surface area contributed by atoms with Crippen molar-refractivity contribution in [2.45, 2.75) is 57.3 Å². The van der Waals surface area contributed by atoms with E-state index in [0.717, 1.165) is 22.5 Å². The second-order valence-electron chi connectivity index (χ2n) is 20.3. The summed E-state index contributed by atoms with van der Waals surface area (Å²) in [6, 6.07) is 76.1. The molecule has 0 radical (unpaired) electrons. The van der Waals surface area contributed by atoms with Crippen molar-refractivity contribution in [3.05, 3.63) is 241 Å². The van der Waals surface area contributed by atoms with Gasteiger partial charge >= 0.3 is 0 Å². The molecule has 344 valence electrons. The molecule has 2 aliphatic rings. The zero-order valence-electron chi connectivity index (χ0n) is 40.5. The number of rotatable bonds is 11. The number of hydrogen-bond donors (Lipinski definition) is 1. The normalized spacial score (nSPS) is 17.3. The Balaban J connectivity index is 0.816. The van der Waals surface area contributed by atoms with Crippen molar-refractivity contribution < 1.29 is 0 Å². The fourth-order valence-corrected chi connectivity index (χ4v) is 12.5. The molecule has 3 unspecified atom stereocenters. The van der Waals surface area contributed by atoms with Gasteiger partial charge < -0.3 is 14.9 Å². The standard InChI is InChI=1S/C68H57N3/c1-3-4-5-12-39-68(2)62-43-51(45-25-32-54(33-26-45)70-64-22-9-6-19-58(64)59-20-7-10-23-65(59)70)29-36-56(62)57-37-30-52(44-63(57)68)46-27-34-55(35-28-46)71-66-24-11-8-21-60(66)61-42-50(31-38-67(61)71)48-16-13-15-47(40-48)49-17-14-18-53(69)41-49/h6-11,13-38,40-44,56,62H,3-5,12,39,69H2,1-2H3. The Morgan fingerprint density at radius 3 is 1.61 bits per heavy atom. The number of allylic oxidation sites excluding steroid dienone is 4. The number of nitrogens with zero attached hydrogens (tertiary/aromatic N) is 2. The van der Waals surface area contributed by atoms with Gasteiger partial charge in [-0.3, -0.25) is 0 Å². The summed E-state index contributed by atoms with van der Waals surface area (Å²) in [7, 11) is 0. The Labute approximate surface area is 416 Å². The van der Waals surface area contributed by atoms with E-state index in [2.05, 4.69) is 229 Å². The summed E-state index contributed by atoms with van der Waals surface area (Å²) in [6.07, 6.45) is 13.8.